The van der Waals surface area contributed by atoms with E-state index in [0.29, 0.717) is 0 Å². The van der Waals surface area contributed by atoms with E-state index in [2.05, 4.69) is 5.32 Å². The van der Waals surface area contributed by atoms with Gasteiger partial charge in [0.1, 0.15) is 5.71 Å². The zero-order valence-corrected chi connectivity index (χ0v) is 8.59. The summed E-state index contributed by atoms with van der Waals surface area (Å²) in [5, 5.41) is 28.0. The Morgan fingerprint density at radius 1 is 1.40 bits per heavy atom. The van der Waals surface area contributed by atoms with Crippen molar-refractivity contribution >= 4 is 23.2 Å². The number of hydrogen-bond acceptors (Lipinski definition) is 4. The van der Waals surface area contributed by atoms with Crippen LogP contribution in [0.4, 0.5) is 0 Å². The lowest BCUT2D eigenvalue weighted by atomic mass is 10.1. The van der Waals surface area contributed by atoms with E-state index in [1.54, 1.807) is 0 Å². The molecule has 0 unspecified atom stereocenters. The van der Waals surface area contributed by atoms with Crippen molar-refractivity contribution in [1.82, 2.24) is 5.32 Å². The van der Waals surface area contributed by atoms with Crippen LogP contribution < -0.4 is 5.32 Å². The van der Waals surface area contributed by atoms with E-state index in [-0.39, 0.29) is 16.3 Å². The van der Waals surface area contributed by atoms with E-state index in [1.165, 1.54) is 7.05 Å². The van der Waals surface area contributed by atoms with Gasteiger partial charge in [0.2, 0.25) is 0 Å². The highest BCUT2D eigenvalue weighted by molar-refractivity contribution is 6.48. The van der Waals surface area contributed by atoms with Gasteiger partial charge < -0.3 is 15.5 Å². The molecule has 80 valence electrons. The molecule has 1 aromatic carbocycles. The third-order valence-electron chi connectivity index (χ3n) is 1.79. The Labute approximate surface area is 90.8 Å². The van der Waals surface area contributed by atoms with Crippen LogP contribution in [-0.2, 0) is 4.79 Å². The average molecular weight is 229 g/mol. The van der Waals surface area contributed by atoms with Gasteiger partial charge in [0, 0.05) is 18.7 Å². The van der Waals surface area contributed by atoms with Crippen molar-refractivity contribution in [3.63, 3.8) is 0 Å². The van der Waals surface area contributed by atoms with Gasteiger partial charge in [0.15, 0.2) is 11.5 Å². The van der Waals surface area contributed by atoms with Crippen molar-refractivity contribution in [1.29, 1.82) is 5.41 Å². The number of phenolic OH excluding ortho intramolecular Hbond substituents is 2. The topological polar surface area (TPSA) is 93.4 Å². The van der Waals surface area contributed by atoms with Crippen molar-refractivity contribution in [2.24, 2.45) is 0 Å². The fourth-order valence-electron chi connectivity index (χ4n) is 0.990. The van der Waals surface area contributed by atoms with E-state index in [1.807, 2.05) is 0 Å². The van der Waals surface area contributed by atoms with Crippen molar-refractivity contribution in [3.8, 4) is 11.5 Å². The molecule has 0 aliphatic rings. The van der Waals surface area contributed by atoms with E-state index < -0.39 is 17.4 Å². The molecule has 15 heavy (non-hydrogen) atoms. The Hall–Kier alpha value is -1.75. The molecule has 1 rings (SSSR count). The van der Waals surface area contributed by atoms with Crippen LogP contribution in [0, 0.1) is 5.41 Å². The molecule has 0 aromatic heterocycles. The zero-order valence-electron chi connectivity index (χ0n) is 7.84. The minimum atomic E-state index is -0.623. The summed E-state index contributed by atoms with van der Waals surface area (Å²) in [4.78, 5) is 11.1. The molecule has 0 saturated carbocycles. The summed E-state index contributed by atoms with van der Waals surface area (Å²) < 4.78 is 0. The number of likely N-dealkylation sites (N-methyl/N-ethyl adjacent to an activating group) is 1. The Bertz CT molecular complexity index is 432. The van der Waals surface area contributed by atoms with Gasteiger partial charge in [-0.3, -0.25) is 10.2 Å². The highest BCUT2D eigenvalue weighted by Gasteiger charge is 2.16. The van der Waals surface area contributed by atoms with Crippen molar-refractivity contribution < 1.29 is 15.0 Å². The van der Waals surface area contributed by atoms with Crippen LogP contribution in [0.1, 0.15) is 5.56 Å². The summed E-state index contributed by atoms with van der Waals surface area (Å²) in [5.41, 5.74) is -0.316. The quantitative estimate of drug-likeness (QED) is 0.447. The van der Waals surface area contributed by atoms with Crippen molar-refractivity contribution in [2.45, 2.75) is 0 Å². The maximum atomic E-state index is 11.1. The molecule has 0 bridgehead atoms. The first-order chi connectivity index (χ1) is 6.97. The Morgan fingerprint density at radius 2 is 1.93 bits per heavy atom. The number of carbonyl (C=O) groups excluding carboxylic acids is 1. The number of hydrogen-bond donors (Lipinski definition) is 4. The maximum absolute atomic E-state index is 11.1. The highest BCUT2D eigenvalue weighted by Crippen LogP contribution is 2.31. The van der Waals surface area contributed by atoms with E-state index in [4.69, 9.17) is 22.1 Å². The van der Waals surface area contributed by atoms with Crippen molar-refractivity contribution in [3.05, 3.63) is 22.7 Å². The largest absolute Gasteiger partial charge is 0.504 e. The molecule has 0 aliphatic heterocycles. The Balaban J connectivity index is 3.21. The fraction of sp³-hybridized carbons (Fsp3) is 0.111. The molecular weight excluding hydrogens is 220 g/mol. The van der Waals surface area contributed by atoms with Crippen LogP contribution in [0.15, 0.2) is 12.1 Å². The molecule has 5 nitrogen and oxygen atoms in total. The van der Waals surface area contributed by atoms with Gasteiger partial charge in [-0.2, -0.15) is 0 Å². The Morgan fingerprint density at radius 3 is 2.47 bits per heavy atom. The van der Waals surface area contributed by atoms with Gasteiger partial charge in [-0.15, -0.1) is 0 Å². The van der Waals surface area contributed by atoms with Gasteiger partial charge >= 0.3 is 0 Å². The van der Waals surface area contributed by atoms with Gasteiger partial charge in [-0.25, -0.2) is 0 Å². The molecule has 0 heterocycles. The van der Waals surface area contributed by atoms with Crippen LogP contribution in [0.5, 0.6) is 11.5 Å². The number of aromatic hydroxyl groups is 2. The number of halogens is 1. The first-order valence-electron chi connectivity index (χ1n) is 4.00. The summed E-state index contributed by atoms with van der Waals surface area (Å²) in [6.45, 7) is 0. The summed E-state index contributed by atoms with van der Waals surface area (Å²) in [6.07, 6.45) is 0. The molecule has 1 amide bonds. The second-order valence-electron chi connectivity index (χ2n) is 2.77. The lowest BCUT2D eigenvalue weighted by molar-refractivity contribution is -0.114. The molecule has 1 aromatic rings. The predicted octanol–water partition coefficient (Wildman–Crippen LogP) is 0.865. The van der Waals surface area contributed by atoms with Crippen LogP contribution in [0.2, 0.25) is 5.02 Å². The van der Waals surface area contributed by atoms with Gasteiger partial charge in [0.25, 0.3) is 5.91 Å². The number of rotatable bonds is 2. The lowest BCUT2D eigenvalue weighted by Gasteiger charge is -2.06. The Kier molecular flexibility index (Phi) is 3.16. The summed E-state index contributed by atoms with van der Waals surface area (Å²) in [7, 11) is 1.38. The molecule has 0 atom stereocenters. The van der Waals surface area contributed by atoms with E-state index >= 15 is 0 Å². The van der Waals surface area contributed by atoms with E-state index in [9.17, 15) is 9.90 Å². The van der Waals surface area contributed by atoms with Crippen LogP contribution in [-0.4, -0.2) is 28.9 Å². The van der Waals surface area contributed by atoms with Gasteiger partial charge in [-0.05, 0) is 6.07 Å². The average Bonchev–Trinajstić information content (AvgIpc) is 2.21. The third-order valence-corrected chi connectivity index (χ3v) is 2.10. The SMILES string of the molecule is CNC(=O)C(=N)c1cc(O)c(O)cc1Cl. The summed E-state index contributed by atoms with van der Waals surface area (Å²) >= 11 is 5.71. The second kappa shape index (κ2) is 4.18. The van der Waals surface area contributed by atoms with E-state index in [0.717, 1.165) is 12.1 Å². The number of amides is 1. The molecular formula is C9H9ClN2O3. The lowest BCUT2D eigenvalue weighted by Crippen LogP contribution is -2.27. The third kappa shape index (κ3) is 2.19. The molecule has 6 heteroatoms. The molecule has 4 N–H and O–H groups in total. The van der Waals surface area contributed by atoms with Crippen LogP contribution in [0.3, 0.4) is 0 Å². The predicted molar refractivity (Wildman–Crippen MR) is 55.7 cm³/mol. The monoisotopic (exact) mass is 228 g/mol. The van der Waals surface area contributed by atoms with Crippen LogP contribution in [0.25, 0.3) is 0 Å². The molecule has 0 aliphatic carbocycles. The first kappa shape index (κ1) is 11.3. The number of carbonyl (C=O) groups is 1. The summed E-state index contributed by atoms with van der Waals surface area (Å²) in [6, 6.07) is 2.14. The molecule has 0 saturated heterocycles. The fourth-order valence-corrected chi connectivity index (χ4v) is 1.24. The highest BCUT2D eigenvalue weighted by atomic mass is 35.5. The summed E-state index contributed by atoms with van der Waals surface area (Å²) in [5.74, 6) is -1.45. The second-order valence-corrected chi connectivity index (χ2v) is 3.18. The minimum Gasteiger partial charge on any atom is -0.504 e. The smallest absolute Gasteiger partial charge is 0.269 e. The zero-order chi connectivity index (χ0) is 11.6. The molecule has 0 radical (unpaired) electrons. The standard InChI is InChI=1S/C9H9ClN2O3/c1-12-9(15)8(11)4-2-6(13)7(14)3-5(4)10/h2-3,11,13-14H,1H3,(H,12,15). The van der Waals surface area contributed by atoms with Gasteiger partial charge in [0.05, 0.1) is 5.02 Å². The number of nitrogens with one attached hydrogen (secondary N) is 2. The minimum absolute atomic E-state index is 0.0268. The normalized spacial score (nSPS) is 9.73. The molecule has 0 spiro atoms. The van der Waals surface area contributed by atoms with Gasteiger partial charge in [-0.1, -0.05) is 11.6 Å². The number of phenols is 2. The maximum Gasteiger partial charge on any atom is 0.269 e. The first-order valence-corrected chi connectivity index (χ1v) is 4.37. The molecule has 0 fully saturated rings. The number of benzene rings is 1. The van der Waals surface area contributed by atoms with Crippen LogP contribution >= 0.6 is 11.6 Å². The van der Waals surface area contributed by atoms with Crippen molar-refractivity contribution in [2.75, 3.05) is 7.05 Å².